The van der Waals surface area contributed by atoms with E-state index < -0.39 is 0 Å². The molecule has 0 bridgehead atoms. The van der Waals surface area contributed by atoms with Gasteiger partial charge in [0.05, 0.1) is 0 Å². The quantitative estimate of drug-likeness (QED) is 0.390. The van der Waals surface area contributed by atoms with Gasteiger partial charge in [-0.1, -0.05) is 0 Å². The molecule has 0 aliphatic heterocycles. The van der Waals surface area contributed by atoms with Crippen LogP contribution in [0.15, 0.2) is 30.3 Å². The zero-order valence-electron chi connectivity index (χ0n) is 6.60. The van der Waals surface area contributed by atoms with Crippen LogP contribution in [-0.2, 0) is 48.5 Å². The molecule has 5 heteroatoms. The summed E-state index contributed by atoms with van der Waals surface area (Å²) in [4.78, 5) is 23.2. The summed E-state index contributed by atoms with van der Waals surface area (Å²) in [6.45, 7) is 9.75. The van der Waals surface area contributed by atoms with Crippen LogP contribution in [-0.4, -0.2) is 20.4 Å². The van der Waals surface area contributed by atoms with E-state index in [-0.39, 0.29) is 34.1 Å². The van der Waals surface area contributed by atoms with E-state index in [4.69, 9.17) is 14.4 Å². The van der Waals surface area contributed by atoms with Gasteiger partial charge < -0.3 is 14.4 Å². The third kappa shape index (κ3) is 52.0. The molecule has 1 rings (SSSR count). The molecule has 0 heterocycles. The zero-order valence-corrected chi connectivity index (χ0v) is 8.96. The summed E-state index contributed by atoms with van der Waals surface area (Å²) in [5.41, 5.74) is 0. The molecule has 1 aromatic carbocycles. The summed E-state index contributed by atoms with van der Waals surface area (Å²) >= 11 is 0. The molecule has 0 fully saturated rings. The van der Waals surface area contributed by atoms with Crippen LogP contribution in [0.25, 0.3) is 0 Å². The van der Waals surface area contributed by atoms with Gasteiger partial charge in [0.1, 0.15) is 0 Å². The minimum Gasteiger partial charge on any atom is -0.545 e. The SMILES string of the molecule is [CH-]=O.[CH-]=O.[CH-]=O.[Mn+3].[Mn].c1cc[cH-]c1. The fourth-order valence-corrected chi connectivity index (χ4v) is 0.321. The van der Waals surface area contributed by atoms with E-state index in [2.05, 4.69) is 20.4 Å². The van der Waals surface area contributed by atoms with E-state index in [1.54, 1.807) is 0 Å². The molecule has 0 aromatic heterocycles. The van der Waals surface area contributed by atoms with Crippen molar-refractivity contribution in [2.75, 3.05) is 0 Å². The molecule has 73 valence electrons. The molecule has 13 heavy (non-hydrogen) atoms. The molecule has 1 aromatic rings. The first-order valence-corrected chi connectivity index (χ1v) is 2.37. The number of rotatable bonds is 0. The van der Waals surface area contributed by atoms with Crippen molar-refractivity contribution in [3.63, 3.8) is 0 Å². The first kappa shape index (κ1) is 29.4. The summed E-state index contributed by atoms with van der Waals surface area (Å²) < 4.78 is 0. The Kier molecular flexibility index (Phi) is 144. The van der Waals surface area contributed by atoms with Crippen molar-refractivity contribution < 1.29 is 48.5 Å². The van der Waals surface area contributed by atoms with Crippen molar-refractivity contribution in [1.82, 2.24) is 0 Å². The van der Waals surface area contributed by atoms with Crippen LogP contribution in [0.2, 0.25) is 0 Å². The maximum absolute atomic E-state index is 7.75. The first-order chi connectivity index (χ1) is 5.50. The average molecular weight is 262 g/mol. The van der Waals surface area contributed by atoms with Crippen LogP contribution in [0.3, 0.4) is 0 Å². The van der Waals surface area contributed by atoms with E-state index in [0.29, 0.717) is 0 Å². The Balaban J connectivity index is -0.0000000239. The van der Waals surface area contributed by atoms with Gasteiger partial charge in [-0.15, -0.1) is 0 Å². The molecule has 0 amide bonds. The minimum atomic E-state index is 0. The predicted octanol–water partition coefficient (Wildman–Crippen LogP) is 0.578. The Morgan fingerprint density at radius 3 is 1.08 bits per heavy atom. The maximum atomic E-state index is 7.75. The van der Waals surface area contributed by atoms with Gasteiger partial charge in [-0.25, -0.2) is 12.1 Å². The van der Waals surface area contributed by atoms with Gasteiger partial charge in [0.25, 0.3) is 0 Å². The molecule has 3 nitrogen and oxygen atoms in total. The maximum Gasteiger partial charge on any atom is 3.00 e. The molecule has 0 unspecified atom stereocenters. The summed E-state index contributed by atoms with van der Waals surface area (Å²) in [5.74, 6) is 0. The van der Waals surface area contributed by atoms with Crippen LogP contribution in [0.1, 0.15) is 0 Å². The van der Waals surface area contributed by atoms with Crippen LogP contribution in [0.5, 0.6) is 0 Å². The average Bonchev–Trinajstić information content (AvgIpc) is 2.71. The Labute approximate surface area is 99.2 Å². The van der Waals surface area contributed by atoms with Gasteiger partial charge in [0.15, 0.2) is 0 Å². The minimum absolute atomic E-state index is 0. The Morgan fingerprint density at radius 2 is 1.00 bits per heavy atom. The molecule has 0 aliphatic rings. The van der Waals surface area contributed by atoms with E-state index in [0.717, 1.165) is 0 Å². The van der Waals surface area contributed by atoms with Gasteiger partial charge in [-0.3, -0.25) is 20.4 Å². The molecular formula is C8H8Mn2O3-. The smallest absolute Gasteiger partial charge is 0.545 e. The van der Waals surface area contributed by atoms with Crippen molar-refractivity contribution in [3.8, 4) is 0 Å². The number of hydrogen-bond acceptors (Lipinski definition) is 3. The van der Waals surface area contributed by atoms with Crippen LogP contribution in [0.4, 0.5) is 0 Å². The topological polar surface area (TPSA) is 51.2 Å². The second-order valence-corrected chi connectivity index (χ2v) is 0.962. The van der Waals surface area contributed by atoms with Crippen molar-refractivity contribution in [2.45, 2.75) is 0 Å². The largest absolute Gasteiger partial charge is 3.00 e. The molecular weight excluding hydrogens is 254 g/mol. The molecule has 0 spiro atoms. The number of carbonyl (C=O) groups excluding carboxylic acids is 3. The molecule has 1 radical (unpaired) electrons. The van der Waals surface area contributed by atoms with Gasteiger partial charge in [0.2, 0.25) is 0 Å². The zero-order chi connectivity index (χ0) is 9.54. The van der Waals surface area contributed by atoms with Gasteiger partial charge >= 0.3 is 17.1 Å². The summed E-state index contributed by atoms with van der Waals surface area (Å²) in [6.07, 6.45) is 0. The normalized spacial score (nSPS) is 4.00. The van der Waals surface area contributed by atoms with Gasteiger partial charge in [0, 0.05) is 17.1 Å². The van der Waals surface area contributed by atoms with Gasteiger partial charge in [-0.05, 0) is 0 Å². The third-order valence-electron chi connectivity index (χ3n) is 0.556. The van der Waals surface area contributed by atoms with Crippen LogP contribution < -0.4 is 0 Å². The van der Waals surface area contributed by atoms with Crippen LogP contribution in [0, 0.1) is 0 Å². The summed E-state index contributed by atoms with van der Waals surface area (Å²) in [6, 6.07) is 10.0. The Bertz CT molecular complexity index is 101. The van der Waals surface area contributed by atoms with E-state index >= 15 is 0 Å². The summed E-state index contributed by atoms with van der Waals surface area (Å²) in [7, 11) is 0. The van der Waals surface area contributed by atoms with Crippen molar-refractivity contribution in [1.29, 1.82) is 0 Å². The summed E-state index contributed by atoms with van der Waals surface area (Å²) in [5, 5.41) is 0. The second kappa shape index (κ2) is 63.7. The first-order valence-electron chi connectivity index (χ1n) is 2.37. The predicted molar refractivity (Wildman–Crippen MR) is 42.3 cm³/mol. The van der Waals surface area contributed by atoms with E-state index in [1.807, 2.05) is 30.3 Å². The fourth-order valence-electron chi connectivity index (χ4n) is 0.321. The van der Waals surface area contributed by atoms with Crippen LogP contribution >= 0.6 is 0 Å². The molecule has 0 N–H and O–H groups in total. The van der Waals surface area contributed by atoms with E-state index in [9.17, 15) is 0 Å². The molecule has 0 aliphatic carbocycles. The fraction of sp³-hybridized carbons (Fsp3) is 0. The van der Waals surface area contributed by atoms with E-state index in [1.165, 1.54) is 0 Å². The number of hydrogen-bond donors (Lipinski definition) is 0. The van der Waals surface area contributed by atoms with Crippen molar-refractivity contribution in [3.05, 3.63) is 30.3 Å². The van der Waals surface area contributed by atoms with Gasteiger partial charge in [-0.2, -0.15) is 18.2 Å². The Hall–Kier alpha value is -0.601. The van der Waals surface area contributed by atoms with Crippen molar-refractivity contribution in [2.24, 2.45) is 0 Å². The Morgan fingerprint density at radius 1 is 0.769 bits per heavy atom. The second-order valence-electron chi connectivity index (χ2n) is 0.962. The monoisotopic (exact) mass is 262 g/mol. The third-order valence-corrected chi connectivity index (χ3v) is 0.556. The standard InChI is InChI=1S/C5H5.3CHO.2Mn/c1-2-4-5-3-1;3*1-2;;/h1-5H;3*1H;;/q4*-1;;+3. The van der Waals surface area contributed by atoms with Crippen molar-refractivity contribution >= 4 is 20.4 Å². The molecule has 0 atom stereocenters. The molecule has 0 saturated heterocycles. The molecule has 0 saturated carbocycles.